The third-order valence-corrected chi connectivity index (χ3v) is 2.69. The van der Waals surface area contributed by atoms with Gasteiger partial charge in [-0.2, -0.15) is 0 Å². The molecule has 2 rings (SSSR count). The Kier molecular flexibility index (Phi) is 5.03. The van der Waals surface area contributed by atoms with Gasteiger partial charge in [0.1, 0.15) is 0 Å². The lowest BCUT2D eigenvalue weighted by molar-refractivity contribution is 0.000843. The lowest BCUT2D eigenvalue weighted by Gasteiger charge is -2.10. The molecule has 0 saturated carbocycles. The maximum atomic E-state index is 13.6. The molecule has 0 heterocycles. The van der Waals surface area contributed by atoms with Crippen LogP contribution in [0.3, 0.4) is 0 Å². The maximum Gasteiger partial charge on any atom is 0.193 e. The molecule has 2 aromatic carbocycles. The van der Waals surface area contributed by atoms with Crippen LogP contribution in [0, 0.1) is 11.6 Å². The summed E-state index contributed by atoms with van der Waals surface area (Å²) in [7, 11) is 0. The maximum absolute atomic E-state index is 13.6. The first-order valence-electron chi connectivity index (χ1n) is 6.13. The van der Waals surface area contributed by atoms with Crippen LogP contribution in [0.1, 0.15) is 11.1 Å². The molecular weight excluding hydrogens is 264 g/mol. The summed E-state index contributed by atoms with van der Waals surface area (Å²) in [5.74, 6) is -2.02. The number of ether oxygens (including phenoxy) is 2. The molecule has 0 aliphatic carbocycles. The highest BCUT2D eigenvalue weighted by atomic mass is 19.1. The minimum absolute atomic E-state index is 0.0681. The van der Waals surface area contributed by atoms with Crippen molar-refractivity contribution in [3.05, 3.63) is 65.2 Å². The molecule has 2 aromatic rings. The Balaban J connectivity index is 1.88. The number of benzene rings is 2. The van der Waals surface area contributed by atoms with Crippen LogP contribution in [-0.4, -0.2) is 6.79 Å². The van der Waals surface area contributed by atoms with Gasteiger partial charge in [-0.1, -0.05) is 30.3 Å². The molecule has 2 N–H and O–H groups in total. The fourth-order valence-corrected chi connectivity index (χ4v) is 1.70. The SMILES string of the molecule is NCc1cc(F)c(OCOCc2ccccc2)c(F)c1. The summed E-state index contributed by atoms with van der Waals surface area (Å²) >= 11 is 0. The van der Waals surface area contributed by atoms with Crippen molar-refractivity contribution in [1.82, 2.24) is 0 Å². The largest absolute Gasteiger partial charge is 0.461 e. The number of hydrogen-bond donors (Lipinski definition) is 1. The highest BCUT2D eigenvalue weighted by molar-refractivity contribution is 5.31. The molecule has 0 radical (unpaired) electrons. The van der Waals surface area contributed by atoms with Gasteiger partial charge >= 0.3 is 0 Å². The van der Waals surface area contributed by atoms with E-state index in [4.69, 9.17) is 15.2 Å². The Morgan fingerprint density at radius 2 is 1.60 bits per heavy atom. The van der Waals surface area contributed by atoms with E-state index in [0.29, 0.717) is 12.2 Å². The zero-order valence-electron chi connectivity index (χ0n) is 10.8. The molecule has 20 heavy (non-hydrogen) atoms. The zero-order chi connectivity index (χ0) is 14.4. The molecule has 0 fully saturated rings. The zero-order valence-corrected chi connectivity index (χ0v) is 10.8. The van der Waals surface area contributed by atoms with Gasteiger partial charge < -0.3 is 15.2 Å². The number of rotatable bonds is 6. The van der Waals surface area contributed by atoms with Crippen molar-refractivity contribution in [2.75, 3.05) is 6.79 Å². The number of nitrogens with two attached hydrogens (primary N) is 1. The molecule has 3 nitrogen and oxygen atoms in total. The predicted octanol–water partition coefficient (Wildman–Crippen LogP) is 2.98. The van der Waals surface area contributed by atoms with Crippen LogP contribution in [0.2, 0.25) is 0 Å². The lowest BCUT2D eigenvalue weighted by atomic mass is 10.2. The Morgan fingerprint density at radius 1 is 0.950 bits per heavy atom. The molecule has 0 aliphatic rings. The molecule has 0 aliphatic heterocycles. The summed E-state index contributed by atoms with van der Waals surface area (Å²) in [5, 5.41) is 0. The predicted molar refractivity (Wildman–Crippen MR) is 71.0 cm³/mol. The van der Waals surface area contributed by atoms with E-state index < -0.39 is 17.4 Å². The van der Waals surface area contributed by atoms with Crippen molar-refractivity contribution in [3.8, 4) is 5.75 Å². The quantitative estimate of drug-likeness (QED) is 0.653. The van der Waals surface area contributed by atoms with Gasteiger partial charge in [-0.25, -0.2) is 8.78 Å². The van der Waals surface area contributed by atoms with E-state index in [9.17, 15) is 8.78 Å². The summed E-state index contributed by atoms with van der Waals surface area (Å²) < 4.78 is 37.3. The molecule has 0 unspecified atom stereocenters. The average Bonchev–Trinajstić information content (AvgIpc) is 2.46. The van der Waals surface area contributed by atoms with Gasteiger partial charge in [0.2, 0.25) is 0 Å². The van der Waals surface area contributed by atoms with Gasteiger partial charge in [0.05, 0.1) is 6.61 Å². The van der Waals surface area contributed by atoms with Crippen LogP contribution >= 0.6 is 0 Å². The summed E-state index contributed by atoms with van der Waals surface area (Å²) in [5.41, 5.74) is 6.65. The van der Waals surface area contributed by atoms with E-state index in [0.717, 1.165) is 17.7 Å². The highest BCUT2D eigenvalue weighted by Crippen LogP contribution is 2.23. The Morgan fingerprint density at radius 3 is 2.20 bits per heavy atom. The Hall–Kier alpha value is -1.98. The van der Waals surface area contributed by atoms with Crippen molar-refractivity contribution in [1.29, 1.82) is 0 Å². The second-order valence-electron chi connectivity index (χ2n) is 4.19. The molecule has 106 valence electrons. The smallest absolute Gasteiger partial charge is 0.193 e. The van der Waals surface area contributed by atoms with Gasteiger partial charge in [0.25, 0.3) is 0 Å². The molecule has 0 bridgehead atoms. The lowest BCUT2D eigenvalue weighted by Crippen LogP contribution is -2.07. The van der Waals surface area contributed by atoms with Crippen molar-refractivity contribution < 1.29 is 18.3 Å². The standard InChI is InChI=1S/C15H15F2NO2/c16-13-6-12(8-18)7-14(17)15(13)20-10-19-9-11-4-2-1-3-5-11/h1-7H,8-10,18H2. The van der Waals surface area contributed by atoms with Gasteiger partial charge in [-0.3, -0.25) is 0 Å². The normalized spacial score (nSPS) is 10.6. The number of hydrogen-bond acceptors (Lipinski definition) is 3. The minimum atomic E-state index is -0.784. The average molecular weight is 279 g/mol. The molecule has 0 atom stereocenters. The first-order chi connectivity index (χ1) is 9.70. The van der Waals surface area contributed by atoms with Crippen LogP contribution in [0.15, 0.2) is 42.5 Å². The van der Waals surface area contributed by atoms with Gasteiger partial charge in [-0.05, 0) is 23.3 Å². The van der Waals surface area contributed by atoms with Gasteiger partial charge in [-0.15, -0.1) is 0 Å². The van der Waals surface area contributed by atoms with Crippen LogP contribution in [-0.2, 0) is 17.9 Å². The molecular formula is C15H15F2NO2. The van der Waals surface area contributed by atoms with E-state index >= 15 is 0 Å². The summed E-state index contributed by atoms with van der Waals surface area (Å²) in [6.45, 7) is 0.147. The van der Waals surface area contributed by atoms with Crippen molar-refractivity contribution in [3.63, 3.8) is 0 Å². The van der Waals surface area contributed by atoms with Crippen LogP contribution < -0.4 is 10.5 Å². The van der Waals surface area contributed by atoms with Gasteiger partial charge in [0.15, 0.2) is 24.2 Å². The summed E-state index contributed by atoms with van der Waals surface area (Å²) in [4.78, 5) is 0. The molecule has 0 saturated heterocycles. The third kappa shape index (κ3) is 3.76. The van der Waals surface area contributed by atoms with E-state index in [1.807, 2.05) is 30.3 Å². The van der Waals surface area contributed by atoms with Gasteiger partial charge in [0, 0.05) is 6.54 Å². The Labute approximate surface area is 115 Å². The second kappa shape index (κ2) is 6.98. The molecule has 0 spiro atoms. The van der Waals surface area contributed by atoms with E-state index in [1.165, 1.54) is 0 Å². The third-order valence-electron chi connectivity index (χ3n) is 2.69. The first-order valence-corrected chi connectivity index (χ1v) is 6.13. The highest BCUT2D eigenvalue weighted by Gasteiger charge is 2.12. The van der Waals surface area contributed by atoms with Crippen LogP contribution in [0.5, 0.6) is 5.75 Å². The van der Waals surface area contributed by atoms with Crippen molar-refractivity contribution in [2.45, 2.75) is 13.2 Å². The van der Waals surface area contributed by atoms with Crippen molar-refractivity contribution >= 4 is 0 Å². The van der Waals surface area contributed by atoms with E-state index in [1.54, 1.807) is 0 Å². The molecule has 5 heteroatoms. The second-order valence-corrected chi connectivity index (χ2v) is 4.19. The summed E-state index contributed by atoms with van der Waals surface area (Å²) in [6.07, 6.45) is 0. The van der Waals surface area contributed by atoms with Crippen LogP contribution in [0.4, 0.5) is 8.78 Å². The number of halogens is 2. The fourth-order valence-electron chi connectivity index (χ4n) is 1.70. The minimum Gasteiger partial charge on any atom is -0.461 e. The Bertz CT molecular complexity index is 538. The van der Waals surface area contributed by atoms with Crippen LogP contribution in [0.25, 0.3) is 0 Å². The monoisotopic (exact) mass is 279 g/mol. The first kappa shape index (κ1) is 14.4. The topological polar surface area (TPSA) is 44.5 Å². The fraction of sp³-hybridized carbons (Fsp3) is 0.200. The van der Waals surface area contributed by atoms with E-state index in [2.05, 4.69) is 0 Å². The van der Waals surface area contributed by atoms with Crippen molar-refractivity contribution in [2.24, 2.45) is 5.73 Å². The van der Waals surface area contributed by atoms with E-state index in [-0.39, 0.29) is 13.3 Å². The molecule has 0 aromatic heterocycles. The molecule has 0 amide bonds. The summed E-state index contributed by atoms with van der Waals surface area (Å²) in [6, 6.07) is 11.7.